The molecule has 3 N–H and O–H groups in total. The van der Waals surface area contributed by atoms with Gasteiger partial charge in [0.05, 0.1) is 13.0 Å². The van der Waals surface area contributed by atoms with Crippen LogP contribution in [0.1, 0.15) is 49.5 Å². The molecule has 0 aliphatic heterocycles. The highest BCUT2D eigenvalue weighted by Crippen LogP contribution is 2.12. The van der Waals surface area contributed by atoms with Gasteiger partial charge in [-0.25, -0.2) is 0 Å². The molecule has 0 bridgehead atoms. The molecule has 0 unspecified atom stereocenters. The zero-order valence-electron chi connectivity index (χ0n) is 18.6. The van der Waals surface area contributed by atoms with Gasteiger partial charge in [-0.3, -0.25) is 14.4 Å². The molecular formula is C24H29N3O4S. The SMILES string of the molecule is CC(C)(C)NC(=O)c1cccc(NC(=S)NC(=O)CCC(=O)OCCc2ccccc2)c1. The molecule has 32 heavy (non-hydrogen) atoms. The summed E-state index contributed by atoms with van der Waals surface area (Å²) in [6.45, 7) is 5.97. The van der Waals surface area contributed by atoms with Crippen LogP contribution in [0.2, 0.25) is 0 Å². The standard InChI is InChI=1S/C24H29N3O4S/c1-24(2,3)27-22(30)18-10-7-11-19(16-18)25-23(32)26-20(28)12-13-21(29)31-15-14-17-8-5-4-6-9-17/h4-11,16H,12-15H2,1-3H3,(H,27,30)(H2,25,26,28,32). The van der Waals surface area contributed by atoms with Crippen molar-refractivity contribution in [2.75, 3.05) is 11.9 Å². The Morgan fingerprint density at radius 3 is 2.38 bits per heavy atom. The van der Waals surface area contributed by atoms with Gasteiger partial charge in [0.15, 0.2) is 5.11 Å². The third-order valence-corrected chi connectivity index (χ3v) is 4.38. The van der Waals surface area contributed by atoms with Crippen LogP contribution in [0.25, 0.3) is 0 Å². The molecule has 0 spiro atoms. The number of nitrogens with one attached hydrogen (secondary N) is 3. The van der Waals surface area contributed by atoms with E-state index in [0.717, 1.165) is 5.56 Å². The summed E-state index contributed by atoms with van der Waals surface area (Å²) < 4.78 is 5.16. The number of benzene rings is 2. The van der Waals surface area contributed by atoms with Crippen molar-refractivity contribution in [3.05, 3.63) is 65.7 Å². The van der Waals surface area contributed by atoms with Gasteiger partial charge in [0.25, 0.3) is 5.91 Å². The van der Waals surface area contributed by atoms with E-state index >= 15 is 0 Å². The van der Waals surface area contributed by atoms with Gasteiger partial charge in [0.1, 0.15) is 0 Å². The largest absolute Gasteiger partial charge is 0.465 e. The third kappa shape index (κ3) is 9.70. The highest BCUT2D eigenvalue weighted by molar-refractivity contribution is 7.80. The molecule has 2 aromatic carbocycles. The lowest BCUT2D eigenvalue weighted by Gasteiger charge is -2.20. The Morgan fingerprint density at radius 2 is 1.69 bits per heavy atom. The Kier molecular flexibility index (Phi) is 9.34. The number of anilines is 1. The topological polar surface area (TPSA) is 96.5 Å². The van der Waals surface area contributed by atoms with Crippen molar-refractivity contribution >= 4 is 40.8 Å². The molecule has 0 aliphatic rings. The first-order valence-electron chi connectivity index (χ1n) is 10.4. The Bertz CT molecular complexity index is 955. The van der Waals surface area contributed by atoms with E-state index < -0.39 is 11.9 Å². The van der Waals surface area contributed by atoms with Crippen molar-refractivity contribution in [3.8, 4) is 0 Å². The molecule has 0 aromatic heterocycles. The number of thiocarbonyl (C=S) groups is 1. The highest BCUT2D eigenvalue weighted by atomic mass is 32.1. The molecule has 2 aromatic rings. The summed E-state index contributed by atoms with van der Waals surface area (Å²) in [4.78, 5) is 36.2. The molecule has 8 heteroatoms. The van der Waals surface area contributed by atoms with Gasteiger partial charge < -0.3 is 20.7 Å². The number of carbonyl (C=O) groups excluding carboxylic acids is 3. The minimum atomic E-state index is -0.437. The fraction of sp³-hybridized carbons (Fsp3) is 0.333. The molecule has 0 saturated heterocycles. The number of ether oxygens (including phenoxy) is 1. The molecule has 2 rings (SSSR count). The first-order valence-corrected chi connectivity index (χ1v) is 10.8. The lowest BCUT2D eigenvalue weighted by atomic mass is 10.1. The smallest absolute Gasteiger partial charge is 0.306 e. The molecule has 0 saturated carbocycles. The van der Waals surface area contributed by atoms with Crippen LogP contribution in [0.4, 0.5) is 5.69 Å². The van der Waals surface area contributed by atoms with Crippen LogP contribution in [0, 0.1) is 0 Å². The number of hydrogen-bond acceptors (Lipinski definition) is 5. The van der Waals surface area contributed by atoms with E-state index in [4.69, 9.17) is 17.0 Å². The van der Waals surface area contributed by atoms with Crippen molar-refractivity contribution in [2.45, 2.75) is 45.6 Å². The molecule has 0 fully saturated rings. The predicted octanol–water partition coefficient (Wildman–Crippen LogP) is 3.59. The van der Waals surface area contributed by atoms with E-state index in [9.17, 15) is 14.4 Å². The van der Waals surface area contributed by atoms with Gasteiger partial charge in [0, 0.05) is 29.6 Å². The maximum absolute atomic E-state index is 12.3. The maximum Gasteiger partial charge on any atom is 0.306 e. The second kappa shape index (κ2) is 12.0. The average Bonchev–Trinajstić information content (AvgIpc) is 2.72. The van der Waals surface area contributed by atoms with Crippen molar-refractivity contribution in [1.82, 2.24) is 10.6 Å². The summed E-state index contributed by atoms with van der Waals surface area (Å²) in [5, 5.41) is 8.37. The van der Waals surface area contributed by atoms with Crippen molar-refractivity contribution in [1.29, 1.82) is 0 Å². The van der Waals surface area contributed by atoms with Gasteiger partial charge in [-0.05, 0) is 56.8 Å². The molecule has 2 amide bonds. The molecular weight excluding hydrogens is 426 g/mol. The monoisotopic (exact) mass is 455 g/mol. The summed E-state index contributed by atoms with van der Waals surface area (Å²) in [6, 6.07) is 16.5. The van der Waals surface area contributed by atoms with E-state index in [1.807, 2.05) is 51.1 Å². The number of hydrogen-bond donors (Lipinski definition) is 3. The van der Waals surface area contributed by atoms with Crippen molar-refractivity contribution in [2.24, 2.45) is 0 Å². The quantitative estimate of drug-likeness (QED) is 0.416. The van der Waals surface area contributed by atoms with E-state index in [2.05, 4.69) is 16.0 Å². The summed E-state index contributed by atoms with van der Waals surface area (Å²) in [6.07, 6.45) is 0.547. The van der Waals surface area contributed by atoms with Crippen LogP contribution in [0.15, 0.2) is 54.6 Å². The first kappa shape index (κ1) is 25.0. The second-order valence-electron chi connectivity index (χ2n) is 8.24. The van der Waals surface area contributed by atoms with Crippen molar-refractivity contribution in [3.63, 3.8) is 0 Å². The summed E-state index contributed by atoms with van der Waals surface area (Å²) in [5.41, 5.74) is 1.76. The van der Waals surface area contributed by atoms with E-state index in [1.165, 1.54) is 0 Å². The highest BCUT2D eigenvalue weighted by Gasteiger charge is 2.16. The van der Waals surface area contributed by atoms with Crippen molar-refractivity contribution < 1.29 is 19.1 Å². The zero-order valence-corrected chi connectivity index (χ0v) is 19.4. The first-order chi connectivity index (χ1) is 15.1. The van der Waals surface area contributed by atoms with Crippen LogP contribution >= 0.6 is 12.2 Å². The lowest BCUT2D eigenvalue weighted by molar-refractivity contribution is -0.144. The zero-order chi connectivity index (χ0) is 23.6. The Balaban J connectivity index is 1.72. The molecule has 7 nitrogen and oxygen atoms in total. The molecule has 0 atom stereocenters. The average molecular weight is 456 g/mol. The van der Waals surface area contributed by atoms with Gasteiger partial charge >= 0.3 is 5.97 Å². The van der Waals surface area contributed by atoms with Gasteiger partial charge in [-0.1, -0.05) is 36.4 Å². The van der Waals surface area contributed by atoms with Crippen LogP contribution < -0.4 is 16.0 Å². The normalized spacial score (nSPS) is 10.7. The van der Waals surface area contributed by atoms with E-state index in [1.54, 1.807) is 24.3 Å². The Hall–Kier alpha value is -3.26. The van der Waals surface area contributed by atoms with Crippen LogP contribution in [-0.2, 0) is 20.7 Å². The van der Waals surface area contributed by atoms with Gasteiger partial charge in [-0.15, -0.1) is 0 Å². The van der Waals surface area contributed by atoms with E-state index in [-0.39, 0.29) is 36.0 Å². The van der Waals surface area contributed by atoms with Crippen LogP contribution in [0.5, 0.6) is 0 Å². The third-order valence-electron chi connectivity index (χ3n) is 4.18. The minimum Gasteiger partial charge on any atom is -0.465 e. The Morgan fingerprint density at radius 1 is 0.969 bits per heavy atom. The fourth-order valence-electron chi connectivity index (χ4n) is 2.72. The van der Waals surface area contributed by atoms with Crippen LogP contribution in [0.3, 0.4) is 0 Å². The van der Waals surface area contributed by atoms with E-state index in [0.29, 0.717) is 17.7 Å². The van der Waals surface area contributed by atoms with Crippen LogP contribution in [-0.4, -0.2) is 35.0 Å². The molecule has 0 aliphatic carbocycles. The minimum absolute atomic E-state index is 0.0360. The maximum atomic E-state index is 12.3. The molecule has 0 radical (unpaired) electrons. The number of carbonyl (C=O) groups is 3. The summed E-state index contributed by atoms with van der Waals surface area (Å²) >= 11 is 5.15. The fourth-order valence-corrected chi connectivity index (χ4v) is 2.95. The second-order valence-corrected chi connectivity index (χ2v) is 8.65. The number of amides is 2. The van der Waals surface area contributed by atoms with Gasteiger partial charge in [-0.2, -0.15) is 0 Å². The number of rotatable bonds is 8. The number of esters is 1. The summed E-state index contributed by atoms with van der Waals surface area (Å²) in [7, 11) is 0. The van der Waals surface area contributed by atoms with Gasteiger partial charge in [0.2, 0.25) is 5.91 Å². The summed E-state index contributed by atoms with van der Waals surface area (Å²) in [5.74, 6) is -1.04. The predicted molar refractivity (Wildman–Crippen MR) is 128 cm³/mol. The molecule has 0 heterocycles. The lowest BCUT2D eigenvalue weighted by Crippen LogP contribution is -2.40. The Labute approximate surface area is 193 Å². The molecule has 170 valence electrons.